The Morgan fingerprint density at radius 2 is 1.80 bits per heavy atom. The van der Waals surface area contributed by atoms with Crippen LogP contribution in [-0.2, 0) is 14.9 Å². The zero-order valence-corrected chi connectivity index (χ0v) is 13.4. The summed E-state index contributed by atoms with van der Waals surface area (Å²) in [6.07, 6.45) is 3.92. The quantitative estimate of drug-likeness (QED) is 0.792. The third-order valence-electron chi connectivity index (χ3n) is 4.30. The van der Waals surface area contributed by atoms with Gasteiger partial charge in [-0.2, -0.15) is 17.0 Å². The van der Waals surface area contributed by atoms with E-state index in [1.54, 1.807) is 15.7 Å². The molecule has 0 amide bonds. The summed E-state index contributed by atoms with van der Waals surface area (Å²) in [5, 5.41) is 3.15. The van der Waals surface area contributed by atoms with E-state index in [1.165, 1.54) is 0 Å². The smallest absolute Gasteiger partial charge is 0.282 e. The molecule has 0 radical (unpaired) electrons. The van der Waals surface area contributed by atoms with Crippen LogP contribution in [0.3, 0.4) is 0 Å². The number of hydrogen-bond donors (Lipinski definition) is 1. The molecule has 2 aliphatic rings. The molecule has 0 spiro atoms. The van der Waals surface area contributed by atoms with E-state index in [1.807, 2.05) is 7.05 Å². The lowest BCUT2D eigenvalue weighted by molar-refractivity contribution is 0.0546. The topological polar surface area (TPSA) is 61.9 Å². The lowest BCUT2D eigenvalue weighted by Crippen LogP contribution is -2.52. The number of piperidine rings is 2. The van der Waals surface area contributed by atoms with Crippen molar-refractivity contribution in [2.75, 3.05) is 46.9 Å². The highest BCUT2D eigenvalue weighted by molar-refractivity contribution is 7.86. The van der Waals surface area contributed by atoms with Crippen LogP contribution in [0.5, 0.6) is 0 Å². The molecule has 2 unspecified atom stereocenters. The third-order valence-corrected chi connectivity index (χ3v) is 6.27. The highest BCUT2D eigenvalue weighted by atomic mass is 32.2. The van der Waals surface area contributed by atoms with Crippen molar-refractivity contribution in [2.45, 2.75) is 31.8 Å². The van der Waals surface area contributed by atoms with Crippen molar-refractivity contribution < 1.29 is 13.2 Å². The molecular formula is C13H27N3O3S. The number of hydrogen-bond acceptors (Lipinski definition) is 4. The molecule has 0 bridgehead atoms. The molecule has 0 aromatic heterocycles. The first kappa shape index (κ1) is 16.2. The van der Waals surface area contributed by atoms with Crippen molar-refractivity contribution >= 4 is 10.2 Å². The Morgan fingerprint density at radius 3 is 2.45 bits per heavy atom. The molecule has 118 valence electrons. The predicted octanol–water partition coefficient (Wildman–Crippen LogP) is 0.273. The van der Waals surface area contributed by atoms with Gasteiger partial charge in [0, 0.05) is 33.3 Å². The Balaban J connectivity index is 2.01. The van der Waals surface area contributed by atoms with Gasteiger partial charge >= 0.3 is 0 Å². The monoisotopic (exact) mass is 305 g/mol. The van der Waals surface area contributed by atoms with Crippen LogP contribution in [0.4, 0.5) is 0 Å². The lowest BCUT2D eigenvalue weighted by atomic mass is 10.00. The minimum absolute atomic E-state index is 0.0384. The van der Waals surface area contributed by atoms with Crippen LogP contribution >= 0.6 is 0 Å². The molecule has 0 aromatic carbocycles. The number of rotatable bonds is 5. The Morgan fingerprint density at radius 1 is 1.15 bits per heavy atom. The number of ether oxygens (including phenoxy) is 1. The molecule has 2 rings (SSSR count). The van der Waals surface area contributed by atoms with Crippen molar-refractivity contribution in [1.82, 2.24) is 13.9 Å². The van der Waals surface area contributed by atoms with Gasteiger partial charge in [0.15, 0.2) is 0 Å². The van der Waals surface area contributed by atoms with Crippen molar-refractivity contribution in [3.63, 3.8) is 0 Å². The van der Waals surface area contributed by atoms with Gasteiger partial charge in [0.1, 0.15) is 0 Å². The first-order valence-electron chi connectivity index (χ1n) is 7.50. The molecule has 0 saturated carbocycles. The van der Waals surface area contributed by atoms with E-state index < -0.39 is 10.2 Å². The summed E-state index contributed by atoms with van der Waals surface area (Å²) in [7, 11) is 0.255. The van der Waals surface area contributed by atoms with E-state index in [2.05, 4.69) is 5.32 Å². The van der Waals surface area contributed by atoms with Crippen molar-refractivity contribution in [3.05, 3.63) is 0 Å². The fourth-order valence-electron chi connectivity index (χ4n) is 3.16. The van der Waals surface area contributed by atoms with Gasteiger partial charge in [-0.3, -0.25) is 0 Å². The molecule has 2 fully saturated rings. The van der Waals surface area contributed by atoms with Gasteiger partial charge in [-0.25, -0.2) is 0 Å². The second-order valence-electron chi connectivity index (χ2n) is 5.79. The molecule has 0 aromatic rings. The largest absolute Gasteiger partial charge is 0.380 e. The summed E-state index contributed by atoms with van der Waals surface area (Å²) in [6.45, 7) is 3.28. The maximum absolute atomic E-state index is 12.7. The van der Waals surface area contributed by atoms with E-state index in [-0.39, 0.29) is 6.10 Å². The van der Waals surface area contributed by atoms with Gasteiger partial charge in [-0.15, -0.1) is 0 Å². The fraction of sp³-hybridized carbons (Fsp3) is 1.00. The van der Waals surface area contributed by atoms with Crippen LogP contribution in [0.15, 0.2) is 0 Å². The summed E-state index contributed by atoms with van der Waals surface area (Å²) in [5.41, 5.74) is 0. The van der Waals surface area contributed by atoms with Crippen LogP contribution in [0.2, 0.25) is 0 Å². The molecular weight excluding hydrogens is 278 g/mol. The zero-order valence-electron chi connectivity index (χ0n) is 12.5. The minimum Gasteiger partial charge on any atom is -0.380 e. The van der Waals surface area contributed by atoms with E-state index in [9.17, 15) is 8.42 Å². The van der Waals surface area contributed by atoms with Crippen molar-refractivity contribution in [3.8, 4) is 0 Å². The number of methoxy groups -OCH3 is 1. The van der Waals surface area contributed by atoms with E-state index in [0.29, 0.717) is 32.1 Å². The van der Waals surface area contributed by atoms with E-state index in [0.717, 1.165) is 32.2 Å². The van der Waals surface area contributed by atoms with E-state index >= 15 is 0 Å². The SMILES string of the molecule is CNCC1CCCN(S(=O)(=O)N2CCCC(OC)C2)C1. The maximum atomic E-state index is 12.7. The van der Waals surface area contributed by atoms with Crippen LogP contribution in [0.25, 0.3) is 0 Å². The molecule has 20 heavy (non-hydrogen) atoms. The summed E-state index contributed by atoms with van der Waals surface area (Å²) < 4.78 is 34.1. The molecule has 1 N–H and O–H groups in total. The van der Waals surface area contributed by atoms with Gasteiger partial charge in [-0.05, 0) is 45.2 Å². The fourth-order valence-corrected chi connectivity index (χ4v) is 4.96. The third kappa shape index (κ3) is 3.71. The molecule has 7 heteroatoms. The summed E-state index contributed by atoms with van der Waals surface area (Å²) in [6, 6.07) is 0. The molecule has 2 atom stereocenters. The van der Waals surface area contributed by atoms with Gasteiger partial charge in [0.25, 0.3) is 10.2 Å². The maximum Gasteiger partial charge on any atom is 0.282 e. The van der Waals surface area contributed by atoms with Gasteiger partial charge in [-0.1, -0.05) is 0 Å². The predicted molar refractivity (Wildman–Crippen MR) is 78.7 cm³/mol. The Hall–Kier alpha value is -0.210. The van der Waals surface area contributed by atoms with Crippen LogP contribution in [0.1, 0.15) is 25.7 Å². The molecule has 6 nitrogen and oxygen atoms in total. The highest BCUT2D eigenvalue weighted by Crippen LogP contribution is 2.23. The lowest BCUT2D eigenvalue weighted by Gasteiger charge is -2.38. The molecule has 2 aliphatic heterocycles. The minimum atomic E-state index is -3.32. The van der Waals surface area contributed by atoms with Gasteiger partial charge in [0.05, 0.1) is 6.10 Å². The highest BCUT2D eigenvalue weighted by Gasteiger charge is 2.36. The summed E-state index contributed by atoms with van der Waals surface area (Å²) in [5.74, 6) is 0.423. The second kappa shape index (κ2) is 7.17. The van der Waals surface area contributed by atoms with Crippen LogP contribution in [-0.4, -0.2) is 70.0 Å². The summed E-state index contributed by atoms with van der Waals surface area (Å²) in [4.78, 5) is 0. The van der Waals surface area contributed by atoms with Crippen LogP contribution in [0, 0.1) is 5.92 Å². The standard InChI is InChI=1S/C13H27N3O3S/c1-14-9-12-5-3-7-15(10-12)20(17,18)16-8-4-6-13(11-16)19-2/h12-14H,3-11H2,1-2H3. The Kier molecular flexibility index (Phi) is 5.80. The molecule has 2 heterocycles. The Bertz CT molecular complexity index is 400. The second-order valence-corrected chi connectivity index (χ2v) is 7.72. The first-order valence-corrected chi connectivity index (χ1v) is 8.90. The van der Waals surface area contributed by atoms with E-state index in [4.69, 9.17) is 4.74 Å². The number of nitrogens with one attached hydrogen (secondary N) is 1. The average Bonchev–Trinajstić information content (AvgIpc) is 2.48. The normalized spacial score (nSPS) is 30.5. The van der Waals surface area contributed by atoms with Gasteiger partial charge < -0.3 is 10.1 Å². The van der Waals surface area contributed by atoms with Crippen molar-refractivity contribution in [1.29, 1.82) is 0 Å². The summed E-state index contributed by atoms with van der Waals surface area (Å²) >= 11 is 0. The molecule has 2 saturated heterocycles. The Labute approximate surface area is 122 Å². The number of nitrogens with zero attached hydrogens (tertiary/aromatic N) is 2. The van der Waals surface area contributed by atoms with Gasteiger partial charge in [0.2, 0.25) is 0 Å². The first-order chi connectivity index (χ1) is 9.57. The van der Waals surface area contributed by atoms with Crippen LogP contribution < -0.4 is 5.32 Å². The average molecular weight is 305 g/mol. The zero-order chi connectivity index (χ0) is 14.6. The molecule has 0 aliphatic carbocycles. The van der Waals surface area contributed by atoms with Crippen molar-refractivity contribution in [2.24, 2.45) is 5.92 Å².